The molecule has 0 unspecified atom stereocenters. The summed E-state index contributed by atoms with van der Waals surface area (Å²) in [7, 11) is 0. The zero-order chi connectivity index (χ0) is 14.2. The Bertz CT molecular complexity index is 963. The molecule has 21 heavy (non-hydrogen) atoms. The Hall–Kier alpha value is -2.88. The molecule has 4 rings (SSSR count). The number of aryl methyl sites for hydroxylation is 1. The molecule has 0 fully saturated rings. The predicted octanol–water partition coefficient (Wildman–Crippen LogP) is 3.55. The molecule has 4 nitrogen and oxygen atoms in total. The quantitative estimate of drug-likeness (QED) is 0.497. The molecule has 0 radical (unpaired) electrons. The van der Waals surface area contributed by atoms with E-state index in [0.29, 0.717) is 5.82 Å². The molecule has 0 spiro atoms. The van der Waals surface area contributed by atoms with Crippen LogP contribution in [0.4, 0.5) is 0 Å². The number of benzene rings is 2. The molecule has 4 aromatic rings. The van der Waals surface area contributed by atoms with Crippen LogP contribution in [0.1, 0.15) is 5.56 Å². The van der Waals surface area contributed by atoms with Gasteiger partial charge in [0.25, 0.3) is 0 Å². The molecule has 0 bridgehead atoms. The van der Waals surface area contributed by atoms with Crippen molar-refractivity contribution in [3.63, 3.8) is 0 Å². The smallest absolute Gasteiger partial charge is 0.182 e. The number of nitrogens with zero attached hydrogens (tertiary/aromatic N) is 4. The standard InChI is InChI=1S/C17H12N4/c1-11-4-2-5-12(10-11)17-19-15-8-7-14-13(6-3-9-18-14)16(15)20-21-17/h2-10H,1H3. The van der Waals surface area contributed by atoms with Gasteiger partial charge in [-0.1, -0.05) is 23.8 Å². The third-order valence-electron chi connectivity index (χ3n) is 3.48. The van der Waals surface area contributed by atoms with Gasteiger partial charge in [0.1, 0.15) is 5.52 Å². The summed E-state index contributed by atoms with van der Waals surface area (Å²) >= 11 is 0. The van der Waals surface area contributed by atoms with Gasteiger partial charge in [0.05, 0.1) is 11.0 Å². The highest BCUT2D eigenvalue weighted by Gasteiger charge is 2.07. The van der Waals surface area contributed by atoms with E-state index in [0.717, 1.165) is 27.5 Å². The van der Waals surface area contributed by atoms with Gasteiger partial charge in [0.15, 0.2) is 5.82 Å². The van der Waals surface area contributed by atoms with Crippen LogP contribution in [0.25, 0.3) is 33.3 Å². The summed E-state index contributed by atoms with van der Waals surface area (Å²) in [4.78, 5) is 8.96. The molecule has 0 aliphatic heterocycles. The van der Waals surface area contributed by atoms with Gasteiger partial charge in [-0.3, -0.25) is 4.98 Å². The molecular weight excluding hydrogens is 260 g/mol. The molecule has 0 saturated heterocycles. The van der Waals surface area contributed by atoms with Crippen molar-refractivity contribution < 1.29 is 0 Å². The maximum Gasteiger partial charge on any atom is 0.182 e. The normalized spacial score (nSPS) is 11.1. The van der Waals surface area contributed by atoms with Crippen molar-refractivity contribution in [3.05, 3.63) is 60.3 Å². The first-order valence-electron chi connectivity index (χ1n) is 6.76. The van der Waals surface area contributed by atoms with Crippen LogP contribution in [0.2, 0.25) is 0 Å². The highest BCUT2D eigenvalue weighted by atomic mass is 15.2. The topological polar surface area (TPSA) is 51.6 Å². The highest BCUT2D eigenvalue weighted by Crippen LogP contribution is 2.22. The average molecular weight is 272 g/mol. The summed E-state index contributed by atoms with van der Waals surface area (Å²) in [5.74, 6) is 0.648. The van der Waals surface area contributed by atoms with Crippen LogP contribution in [-0.2, 0) is 0 Å². The van der Waals surface area contributed by atoms with Crippen molar-refractivity contribution in [3.8, 4) is 11.4 Å². The molecule has 0 atom stereocenters. The fourth-order valence-corrected chi connectivity index (χ4v) is 2.46. The lowest BCUT2D eigenvalue weighted by atomic mass is 10.1. The van der Waals surface area contributed by atoms with Crippen molar-refractivity contribution in [1.29, 1.82) is 0 Å². The van der Waals surface area contributed by atoms with E-state index in [1.807, 2.05) is 36.4 Å². The summed E-state index contributed by atoms with van der Waals surface area (Å²) in [6.07, 6.45) is 1.77. The Balaban J connectivity index is 1.97. The molecule has 2 heterocycles. The Morgan fingerprint density at radius 1 is 0.857 bits per heavy atom. The molecule has 0 aliphatic carbocycles. The van der Waals surface area contributed by atoms with Gasteiger partial charge >= 0.3 is 0 Å². The first-order valence-corrected chi connectivity index (χ1v) is 6.76. The van der Waals surface area contributed by atoms with E-state index < -0.39 is 0 Å². The van der Waals surface area contributed by atoms with E-state index in [-0.39, 0.29) is 0 Å². The summed E-state index contributed by atoms with van der Waals surface area (Å²) < 4.78 is 0. The summed E-state index contributed by atoms with van der Waals surface area (Å²) in [6, 6.07) is 15.9. The second-order valence-electron chi connectivity index (χ2n) is 5.01. The van der Waals surface area contributed by atoms with Crippen LogP contribution in [0.5, 0.6) is 0 Å². The number of fused-ring (bicyclic) bond motifs is 3. The number of hydrogen-bond acceptors (Lipinski definition) is 4. The van der Waals surface area contributed by atoms with E-state index in [1.54, 1.807) is 6.20 Å². The monoisotopic (exact) mass is 272 g/mol. The lowest BCUT2D eigenvalue weighted by Gasteiger charge is -2.04. The summed E-state index contributed by atoms with van der Waals surface area (Å²) in [5, 5.41) is 9.62. The van der Waals surface area contributed by atoms with Crippen molar-refractivity contribution >= 4 is 21.9 Å². The van der Waals surface area contributed by atoms with Gasteiger partial charge in [0, 0.05) is 17.1 Å². The van der Waals surface area contributed by atoms with Gasteiger partial charge < -0.3 is 0 Å². The minimum atomic E-state index is 0.648. The molecule has 0 amide bonds. The summed E-state index contributed by atoms with van der Waals surface area (Å²) in [6.45, 7) is 2.05. The largest absolute Gasteiger partial charge is 0.256 e. The van der Waals surface area contributed by atoms with Crippen molar-refractivity contribution in [1.82, 2.24) is 20.2 Å². The molecule has 4 heteroatoms. The van der Waals surface area contributed by atoms with Gasteiger partial charge in [-0.05, 0) is 37.3 Å². The molecule has 2 aromatic carbocycles. The Morgan fingerprint density at radius 2 is 1.76 bits per heavy atom. The summed E-state index contributed by atoms with van der Waals surface area (Å²) in [5.41, 5.74) is 4.69. The average Bonchev–Trinajstić information content (AvgIpc) is 2.54. The fourth-order valence-electron chi connectivity index (χ4n) is 2.46. The van der Waals surface area contributed by atoms with Crippen LogP contribution in [0.15, 0.2) is 54.7 Å². The minimum Gasteiger partial charge on any atom is -0.256 e. The van der Waals surface area contributed by atoms with Crippen LogP contribution in [0, 0.1) is 6.92 Å². The fraction of sp³-hybridized carbons (Fsp3) is 0.0588. The lowest BCUT2D eigenvalue weighted by molar-refractivity contribution is 1.04. The molecule has 2 aromatic heterocycles. The van der Waals surface area contributed by atoms with Crippen LogP contribution < -0.4 is 0 Å². The molecule has 0 aliphatic rings. The number of hydrogen-bond donors (Lipinski definition) is 0. The second-order valence-corrected chi connectivity index (χ2v) is 5.01. The predicted molar refractivity (Wildman–Crippen MR) is 82.8 cm³/mol. The maximum absolute atomic E-state index is 4.64. The SMILES string of the molecule is Cc1cccc(-c2nnc3c(ccc4ncccc43)n2)c1. The van der Waals surface area contributed by atoms with Gasteiger partial charge in [-0.15, -0.1) is 10.2 Å². The van der Waals surface area contributed by atoms with Crippen molar-refractivity contribution in [2.75, 3.05) is 0 Å². The maximum atomic E-state index is 4.64. The lowest BCUT2D eigenvalue weighted by Crippen LogP contribution is -1.95. The van der Waals surface area contributed by atoms with Crippen LogP contribution in [0.3, 0.4) is 0 Å². The van der Waals surface area contributed by atoms with Crippen molar-refractivity contribution in [2.45, 2.75) is 6.92 Å². The van der Waals surface area contributed by atoms with E-state index in [4.69, 9.17) is 0 Å². The van der Waals surface area contributed by atoms with Crippen LogP contribution >= 0.6 is 0 Å². The second kappa shape index (κ2) is 4.59. The minimum absolute atomic E-state index is 0.648. The van der Waals surface area contributed by atoms with E-state index in [2.05, 4.69) is 39.2 Å². The number of aromatic nitrogens is 4. The van der Waals surface area contributed by atoms with E-state index >= 15 is 0 Å². The Morgan fingerprint density at radius 3 is 2.67 bits per heavy atom. The molecular formula is C17H12N4. The third-order valence-corrected chi connectivity index (χ3v) is 3.48. The van der Waals surface area contributed by atoms with Crippen molar-refractivity contribution in [2.24, 2.45) is 0 Å². The van der Waals surface area contributed by atoms with Gasteiger partial charge in [-0.2, -0.15) is 0 Å². The van der Waals surface area contributed by atoms with Crippen LogP contribution in [-0.4, -0.2) is 20.2 Å². The van der Waals surface area contributed by atoms with Gasteiger partial charge in [-0.25, -0.2) is 4.98 Å². The highest BCUT2D eigenvalue weighted by molar-refractivity contribution is 6.02. The number of rotatable bonds is 1. The first-order chi connectivity index (χ1) is 10.3. The zero-order valence-electron chi connectivity index (χ0n) is 11.5. The van der Waals surface area contributed by atoms with Gasteiger partial charge in [0.2, 0.25) is 0 Å². The molecule has 0 N–H and O–H groups in total. The Kier molecular flexibility index (Phi) is 2.60. The van der Waals surface area contributed by atoms with E-state index in [1.165, 1.54) is 5.56 Å². The Labute approximate surface area is 121 Å². The molecule has 0 saturated carbocycles. The molecule has 100 valence electrons. The van der Waals surface area contributed by atoms with E-state index in [9.17, 15) is 0 Å². The zero-order valence-corrected chi connectivity index (χ0v) is 11.5. The third kappa shape index (κ3) is 2.01. The number of pyridine rings is 1. The first kappa shape index (κ1) is 11.9.